The number of carbonyl (C=O) groups is 1. The SMILES string of the molecule is O=C(NCC#Cc1cc(Br)ccc1O)OCC1c2ccccc2-c2ccccc21. The lowest BCUT2D eigenvalue weighted by molar-refractivity contribution is 0.144. The second-order valence-corrected chi connectivity index (χ2v) is 7.56. The highest BCUT2D eigenvalue weighted by atomic mass is 79.9. The quantitative estimate of drug-likeness (QED) is 0.552. The molecule has 0 saturated heterocycles. The van der Waals surface area contributed by atoms with Crippen LogP contribution in [-0.2, 0) is 4.74 Å². The fourth-order valence-electron chi connectivity index (χ4n) is 3.51. The Kier molecular flexibility index (Phi) is 5.55. The second-order valence-electron chi connectivity index (χ2n) is 6.64. The molecule has 2 N–H and O–H groups in total. The van der Waals surface area contributed by atoms with E-state index >= 15 is 0 Å². The number of benzene rings is 3. The highest BCUT2D eigenvalue weighted by Gasteiger charge is 2.28. The molecular weight excluding hydrogens is 430 g/mol. The number of halogens is 1. The zero-order valence-electron chi connectivity index (χ0n) is 15.5. The minimum absolute atomic E-state index is 0.0258. The third-order valence-electron chi connectivity index (χ3n) is 4.85. The third-order valence-corrected chi connectivity index (χ3v) is 5.34. The summed E-state index contributed by atoms with van der Waals surface area (Å²) in [4.78, 5) is 12.1. The molecule has 4 rings (SSSR count). The van der Waals surface area contributed by atoms with Gasteiger partial charge in [0.15, 0.2) is 0 Å². The first-order valence-corrected chi connectivity index (χ1v) is 9.99. The maximum atomic E-state index is 12.1. The van der Waals surface area contributed by atoms with Gasteiger partial charge in [-0.2, -0.15) is 0 Å². The number of amides is 1. The lowest BCUT2D eigenvalue weighted by Gasteiger charge is -2.14. The number of nitrogens with one attached hydrogen (secondary N) is 1. The molecule has 1 aliphatic rings. The molecule has 0 spiro atoms. The summed E-state index contributed by atoms with van der Waals surface area (Å²) in [6.07, 6.45) is -0.514. The minimum atomic E-state index is -0.514. The van der Waals surface area contributed by atoms with Crippen LogP contribution >= 0.6 is 15.9 Å². The van der Waals surface area contributed by atoms with Crippen molar-refractivity contribution in [2.24, 2.45) is 0 Å². The summed E-state index contributed by atoms with van der Waals surface area (Å²) in [6, 6.07) is 21.4. The molecule has 0 aliphatic heterocycles. The second kappa shape index (κ2) is 8.42. The van der Waals surface area contributed by atoms with Gasteiger partial charge in [-0.15, -0.1) is 0 Å². The predicted molar refractivity (Wildman–Crippen MR) is 116 cm³/mol. The average Bonchev–Trinajstić information content (AvgIpc) is 3.06. The van der Waals surface area contributed by atoms with Gasteiger partial charge in [0, 0.05) is 10.4 Å². The first kappa shape index (κ1) is 19.1. The lowest BCUT2D eigenvalue weighted by Crippen LogP contribution is -2.26. The lowest BCUT2D eigenvalue weighted by atomic mass is 9.98. The molecule has 0 radical (unpaired) electrons. The van der Waals surface area contributed by atoms with E-state index in [1.165, 1.54) is 22.3 Å². The van der Waals surface area contributed by atoms with E-state index in [0.29, 0.717) is 5.56 Å². The summed E-state index contributed by atoms with van der Waals surface area (Å²) < 4.78 is 6.28. The topological polar surface area (TPSA) is 58.6 Å². The zero-order chi connectivity index (χ0) is 20.2. The highest BCUT2D eigenvalue weighted by molar-refractivity contribution is 9.10. The summed E-state index contributed by atoms with van der Waals surface area (Å²) in [5.74, 6) is 5.77. The Bertz CT molecular complexity index is 1080. The van der Waals surface area contributed by atoms with Gasteiger partial charge >= 0.3 is 6.09 Å². The summed E-state index contributed by atoms with van der Waals surface area (Å²) in [7, 11) is 0. The van der Waals surface area contributed by atoms with Gasteiger partial charge < -0.3 is 15.2 Å². The molecule has 29 heavy (non-hydrogen) atoms. The highest BCUT2D eigenvalue weighted by Crippen LogP contribution is 2.44. The van der Waals surface area contributed by atoms with E-state index in [9.17, 15) is 9.90 Å². The number of rotatable bonds is 3. The molecule has 0 bridgehead atoms. The number of alkyl carbamates (subject to hydrolysis) is 1. The van der Waals surface area contributed by atoms with Gasteiger partial charge in [-0.25, -0.2) is 4.79 Å². The zero-order valence-corrected chi connectivity index (χ0v) is 17.1. The molecule has 0 atom stereocenters. The van der Waals surface area contributed by atoms with Crippen molar-refractivity contribution < 1.29 is 14.6 Å². The molecule has 5 heteroatoms. The standard InChI is InChI=1S/C24H18BrNO3/c25-17-11-12-23(27)16(14-17)6-5-13-26-24(28)29-15-22-20-9-3-1-7-18(20)19-8-2-4-10-21(19)22/h1-4,7-12,14,22,27H,13,15H2,(H,26,28). The first-order chi connectivity index (χ1) is 14.1. The average molecular weight is 448 g/mol. The van der Waals surface area contributed by atoms with Crippen LogP contribution in [0.5, 0.6) is 5.75 Å². The number of ether oxygens (including phenoxy) is 1. The van der Waals surface area contributed by atoms with Crippen molar-refractivity contribution in [2.75, 3.05) is 13.2 Å². The molecule has 4 nitrogen and oxygen atoms in total. The van der Waals surface area contributed by atoms with Gasteiger partial charge in [-0.3, -0.25) is 0 Å². The molecule has 3 aromatic rings. The van der Waals surface area contributed by atoms with Crippen LogP contribution in [0.3, 0.4) is 0 Å². The molecule has 144 valence electrons. The number of hydrogen-bond donors (Lipinski definition) is 2. The Morgan fingerprint density at radius 1 is 1.03 bits per heavy atom. The van der Waals surface area contributed by atoms with Crippen LogP contribution in [-0.4, -0.2) is 24.4 Å². The van der Waals surface area contributed by atoms with Gasteiger partial charge in [-0.1, -0.05) is 76.3 Å². The maximum absolute atomic E-state index is 12.1. The van der Waals surface area contributed by atoms with Crippen LogP contribution in [0.25, 0.3) is 11.1 Å². The van der Waals surface area contributed by atoms with E-state index in [1.807, 2.05) is 24.3 Å². The van der Waals surface area contributed by atoms with Crippen LogP contribution in [0.15, 0.2) is 71.2 Å². The molecule has 1 aliphatic carbocycles. The number of fused-ring (bicyclic) bond motifs is 3. The van der Waals surface area contributed by atoms with E-state index in [0.717, 1.165) is 4.47 Å². The number of hydrogen-bond acceptors (Lipinski definition) is 3. The molecule has 0 saturated carbocycles. The Labute approximate surface area is 177 Å². The number of carbonyl (C=O) groups excluding carboxylic acids is 1. The number of phenolic OH excluding ortho intramolecular Hbond substituents is 1. The van der Waals surface area contributed by atoms with Crippen molar-refractivity contribution >= 4 is 22.0 Å². The Morgan fingerprint density at radius 2 is 1.69 bits per heavy atom. The number of phenols is 1. The smallest absolute Gasteiger partial charge is 0.407 e. The van der Waals surface area contributed by atoms with Crippen LogP contribution in [0, 0.1) is 11.8 Å². The molecule has 0 heterocycles. The predicted octanol–water partition coefficient (Wildman–Crippen LogP) is 5.04. The van der Waals surface area contributed by atoms with Crippen LogP contribution in [0.1, 0.15) is 22.6 Å². The van der Waals surface area contributed by atoms with Crippen molar-refractivity contribution in [3.63, 3.8) is 0 Å². The monoisotopic (exact) mass is 447 g/mol. The van der Waals surface area contributed by atoms with Gasteiger partial charge in [0.2, 0.25) is 0 Å². The van der Waals surface area contributed by atoms with Crippen LogP contribution < -0.4 is 5.32 Å². The Morgan fingerprint density at radius 3 is 2.38 bits per heavy atom. The van der Waals surface area contributed by atoms with E-state index in [1.54, 1.807) is 18.2 Å². The normalized spacial score (nSPS) is 11.8. The van der Waals surface area contributed by atoms with E-state index in [2.05, 4.69) is 57.4 Å². The third kappa shape index (κ3) is 4.13. The van der Waals surface area contributed by atoms with Gasteiger partial charge in [0.05, 0.1) is 12.1 Å². The van der Waals surface area contributed by atoms with E-state index in [4.69, 9.17) is 4.74 Å². The van der Waals surface area contributed by atoms with Gasteiger partial charge in [0.1, 0.15) is 12.4 Å². The molecule has 1 amide bonds. The molecule has 0 unspecified atom stereocenters. The molecule has 0 fully saturated rings. The van der Waals surface area contributed by atoms with E-state index < -0.39 is 6.09 Å². The summed E-state index contributed by atoms with van der Waals surface area (Å²) in [6.45, 7) is 0.391. The fourth-order valence-corrected chi connectivity index (χ4v) is 3.87. The molecule has 3 aromatic carbocycles. The van der Waals surface area contributed by atoms with Gasteiger partial charge in [0.25, 0.3) is 0 Å². The van der Waals surface area contributed by atoms with Crippen molar-refractivity contribution in [1.82, 2.24) is 5.32 Å². The Hall–Kier alpha value is -3.23. The Balaban J connectivity index is 1.36. The largest absolute Gasteiger partial charge is 0.507 e. The molecule has 0 aromatic heterocycles. The maximum Gasteiger partial charge on any atom is 0.407 e. The van der Waals surface area contributed by atoms with E-state index in [-0.39, 0.29) is 24.8 Å². The van der Waals surface area contributed by atoms with Crippen molar-refractivity contribution in [1.29, 1.82) is 0 Å². The summed E-state index contributed by atoms with van der Waals surface area (Å²) in [5, 5.41) is 12.4. The van der Waals surface area contributed by atoms with Crippen molar-refractivity contribution in [3.8, 4) is 28.7 Å². The van der Waals surface area contributed by atoms with Crippen LogP contribution in [0.4, 0.5) is 4.79 Å². The summed E-state index contributed by atoms with van der Waals surface area (Å²) >= 11 is 3.34. The van der Waals surface area contributed by atoms with Crippen molar-refractivity contribution in [3.05, 3.63) is 87.9 Å². The van der Waals surface area contributed by atoms with Gasteiger partial charge in [-0.05, 0) is 40.5 Å². The summed E-state index contributed by atoms with van der Waals surface area (Å²) in [5.41, 5.74) is 5.22. The first-order valence-electron chi connectivity index (χ1n) is 9.19. The minimum Gasteiger partial charge on any atom is -0.507 e. The fraction of sp³-hybridized carbons (Fsp3) is 0.125. The van der Waals surface area contributed by atoms with Crippen LogP contribution in [0.2, 0.25) is 0 Å². The molecular formula is C24H18BrNO3. The number of aromatic hydroxyl groups is 1. The van der Waals surface area contributed by atoms with Crippen molar-refractivity contribution in [2.45, 2.75) is 5.92 Å².